The van der Waals surface area contributed by atoms with Gasteiger partial charge in [0.1, 0.15) is 12.4 Å². The van der Waals surface area contributed by atoms with Crippen LogP contribution in [0.2, 0.25) is 5.02 Å². The monoisotopic (exact) mass is 342 g/mol. The summed E-state index contributed by atoms with van der Waals surface area (Å²) >= 11 is 5.99. The number of nitrogens with one attached hydrogen (secondary N) is 2. The van der Waals surface area contributed by atoms with Gasteiger partial charge in [-0.15, -0.1) is 12.4 Å². The number of rotatable bonds is 2. The van der Waals surface area contributed by atoms with Gasteiger partial charge in [-0.1, -0.05) is 18.5 Å². The second-order valence-electron chi connectivity index (χ2n) is 5.69. The summed E-state index contributed by atoms with van der Waals surface area (Å²) in [5.74, 6) is 1.17. The Balaban J connectivity index is 0.00000176. The molecule has 2 aliphatic rings. The van der Waals surface area contributed by atoms with Gasteiger partial charge in [0.2, 0.25) is 0 Å². The molecule has 3 rings (SSSR count). The topological polar surface area (TPSA) is 50.4 Å². The Bertz CT molecular complexity index is 590. The third kappa shape index (κ3) is 3.75. The molecule has 0 aromatic heterocycles. The molecule has 1 saturated heterocycles. The number of ether oxygens (including phenoxy) is 1. The Morgan fingerprint density at radius 2 is 2.27 bits per heavy atom. The van der Waals surface area contributed by atoms with Crippen LogP contribution in [0.15, 0.2) is 23.8 Å². The van der Waals surface area contributed by atoms with E-state index >= 15 is 0 Å². The van der Waals surface area contributed by atoms with E-state index in [1.165, 1.54) is 0 Å². The molecule has 0 bridgehead atoms. The summed E-state index contributed by atoms with van der Waals surface area (Å²) < 4.78 is 5.63. The van der Waals surface area contributed by atoms with Gasteiger partial charge in [0.15, 0.2) is 0 Å². The van der Waals surface area contributed by atoms with Crippen molar-refractivity contribution in [3.8, 4) is 5.75 Å². The fourth-order valence-corrected chi connectivity index (χ4v) is 2.95. The van der Waals surface area contributed by atoms with Crippen LogP contribution >= 0.6 is 24.0 Å². The maximum Gasteiger partial charge on any atom is 0.250 e. The zero-order valence-electron chi connectivity index (χ0n) is 12.4. The molecule has 2 N–H and O–H groups in total. The molecule has 6 heteroatoms. The van der Waals surface area contributed by atoms with Crippen LogP contribution in [0.1, 0.15) is 18.9 Å². The number of carbonyl (C=O) groups excluding carboxylic acids is 1. The van der Waals surface area contributed by atoms with E-state index < -0.39 is 0 Å². The Morgan fingerprint density at radius 1 is 1.45 bits per heavy atom. The highest BCUT2D eigenvalue weighted by Crippen LogP contribution is 2.29. The lowest BCUT2D eigenvalue weighted by atomic mass is 9.95. The Morgan fingerprint density at radius 3 is 3.05 bits per heavy atom. The highest BCUT2D eigenvalue weighted by atomic mass is 35.5. The third-order valence-electron chi connectivity index (χ3n) is 4.08. The zero-order valence-corrected chi connectivity index (χ0v) is 14.0. The van der Waals surface area contributed by atoms with Crippen LogP contribution in [0.3, 0.4) is 0 Å². The van der Waals surface area contributed by atoms with Crippen molar-refractivity contribution in [1.82, 2.24) is 10.6 Å². The van der Waals surface area contributed by atoms with Gasteiger partial charge in [-0.2, -0.15) is 0 Å². The second kappa shape index (κ2) is 7.36. The molecule has 1 aromatic rings. The molecule has 2 heterocycles. The second-order valence-corrected chi connectivity index (χ2v) is 6.13. The van der Waals surface area contributed by atoms with Gasteiger partial charge in [-0.25, -0.2) is 0 Å². The Hall–Kier alpha value is -1.23. The highest BCUT2D eigenvalue weighted by Gasteiger charge is 2.25. The molecule has 2 aliphatic heterocycles. The van der Waals surface area contributed by atoms with Crippen LogP contribution in [-0.4, -0.2) is 31.6 Å². The lowest BCUT2D eigenvalue weighted by Crippen LogP contribution is -2.49. The molecule has 120 valence electrons. The van der Waals surface area contributed by atoms with Gasteiger partial charge in [0.25, 0.3) is 5.91 Å². The fraction of sp³-hybridized carbons (Fsp3) is 0.438. The maximum atomic E-state index is 12.4. The van der Waals surface area contributed by atoms with Gasteiger partial charge in [0, 0.05) is 16.6 Å². The minimum absolute atomic E-state index is 0. The summed E-state index contributed by atoms with van der Waals surface area (Å²) in [7, 11) is 0. The number of amides is 1. The number of carbonyl (C=O) groups is 1. The molecule has 1 fully saturated rings. The van der Waals surface area contributed by atoms with Crippen molar-refractivity contribution in [2.75, 3.05) is 19.7 Å². The van der Waals surface area contributed by atoms with E-state index in [1.54, 1.807) is 6.07 Å². The molecule has 0 spiro atoms. The van der Waals surface area contributed by atoms with Crippen LogP contribution in [0.5, 0.6) is 5.75 Å². The van der Waals surface area contributed by atoms with Crippen molar-refractivity contribution in [2.24, 2.45) is 5.92 Å². The molecule has 0 saturated carbocycles. The van der Waals surface area contributed by atoms with E-state index in [0.29, 0.717) is 23.1 Å². The van der Waals surface area contributed by atoms with Crippen molar-refractivity contribution in [3.63, 3.8) is 0 Å². The van der Waals surface area contributed by atoms with Crippen LogP contribution < -0.4 is 15.4 Å². The molecule has 0 radical (unpaired) electrons. The molecular formula is C16H20Cl2N2O2. The zero-order chi connectivity index (χ0) is 14.8. The summed E-state index contributed by atoms with van der Waals surface area (Å²) in [4.78, 5) is 12.4. The molecule has 0 aliphatic carbocycles. The lowest BCUT2D eigenvalue weighted by Gasteiger charge is -2.30. The van der Waals surface area contributed by atoms with E-state index in [4.69, 9.17) is 16.3 Å². The first-order chi connectivity index (χ1) is 10.1. The number of piperidine rings is 1. The first-order valence-corrected chi connectivity index (χ1v) is 7.66. The smallest absolute Gasteiger partial charge is 0.250 e. The van der Waals surface area contributed by atoms with Gasteiger partial charge in [-0.3, -0.25) is 4.79 Å². The van der Waals surface area contributed by atoms with E-state index in [-0.39, 0.29) is 24.4 Å². The predicted molar refractivity (Wildman–Crippen MR) is 90.8 cm³/mol. The maximum absolute atomic E-state index is 12.4. The van der Waals surface area contributed by atoms with Crippen LogP contribution in [-0.2, 0) is 4.79 Å². The first-order valence-electron chi connectivity index (χ1n) is 7.28. The van der Waals surface area contributed by atoms with Crippen molar-refractivity contribution in [3.05, 3.63) is 34.4 Å². The molecule has 2 atom stereocenters. The van der Waals surface area contributed by atoms with E-state index in [9.17, 15) is 4.79 Å². The summed E-state index contributed by atoms with van der Waals surface area (Å²) in [6.07, 6.45) is 2.83. The quantitative estimate of drug-likeness (QED) is 0.868. The van der Waals surface area contributed by atoms with E-state index in [1.807, 2.05) is 18.2 Å². The molecule has 1 aromatic carbocycles. The average molecular weight is 343 g/mol. The highest BCUT2D eigenvalue weighted by molar-refractivity contribution is 6.30. The summed E-state index contributed by atoms with van der Waals surface area (Å²) in [6.45, 7) is 4.35. The Kier molecular flexibility index (Phi) is 5.73. The number of halogens is 2. The van der Waals surface area contributed by atoms with Crippen LogP contribution in [0, 0.1) is 5.92 Å². The van der Waals surface area contributed by atoms with Crippen LogP contribution in [0.25, 0.3) is 6.08 Å². The van der Waals surface area contributed by atoms with Crippen molar-refractivity contribution < 1.29 is 9.53 Å². The number of hydrogen-bond acceptors (Lipinski definition) is 3. The summed E-state index contributed by atoms with van der Waals surface area (Å²) in [5, 5.41) is 7.10. The third-order valence-corrected chi connectivity index (χ3v) is 4.31. The van der Waals surface area contributed by atoms with Crippen molar-refractivity contribution in [1.29, 1.82) is 0 Å². The van der Waals surface area contributed by atoms with Gasteiger partial charge >= 0.3 is 0 Å². The Labute approximate surface area is 141 Å². The SMILES string of the molecule is CC1CNCCC1NC(=O)C1=Cc2cc(Cl)ccc2OC1.Cl. The van der Waals surface area contributed by atoms with Gasteiger partial charge in [0.05, 0.1) is 5.57 Å². The molecule has 22 heavy (non-hydrogen) atoms. The molecule has 2 unspecified atom stereocenters. The predicted octanol–water partition coefficient (Wildman–Crippen LogP) is 2.65. The largest absolute Gasteiger partial charge is 0.488 e. The normalized spacial score (nSPS) is 23.5. The summed E-state index contributed by atoms with van der Waals surface area (Å²) in [6, 6.07) is 5.66. The van der Waals surface area contributed by atoms with Crippen LogP contribution in [0.4, 0.5) is 0 Å². The number of benzene rings is 1. The number of fused-ring (bicyclic) bond motifs is 1. The van der Waals surface area contributed by atoms with Crippen molar-refractivity contribution >= 4 is 36.0 Å². The van der Waals surface area contributed by atoms with Crippen molar-refractivity contribution in [2.45, 2.75) is 19.4 Å². The molecule has 4 nitrogen and oxygen atoms in total. The first kappa shape index (κ1) is 17.1. The van der Waals surface area contributed by atoms with Gasteiger partial charge in [-0.05, 0) is 49.7 Å². The lowest BCUT2D eigenvalue weighted by molar-refractivity contribution is -0.118. The minimum atomic E-state index is -0.0422. The fourth-order valence-electron chi connectivity index (χ4n) is 2.77. The summed E-state index contributed by atoms with van der Waals surface area (Å²) in [5.41, 5.74) is 1.51. The van der Waals surface area contributed by atoms with E-state index in [2.05, 4.69) is 17.6 Å². The van der Waals surface area contributed by atoms with E-state index in [0.717, 1.165) is 30.8 Å². The number of hydrogen-bond donors (Lipinski definition) is 2. The standard InChI is InChI=1S/C16H19ClN2O2.ClH/c1-10-8-18-5-4-14(10)19-16(20)12-6-11-7-13(17)2-3-15(11)21-9-12;/h2-3,6-7,10,14,18H,4-5,8-9H2,1H3,(H,19,20);1H. The molecule has 1 amide bonds. The van der Waals surface area contributed by atoms with Gasteiger partial charge < -0.3 is 15.4 Å². The molecular weight excluding hydrogens is 323 g/mol. The minimum Gasteiger partial charge on any atom is -0.488 e. The average Bonchev–Trinajstić information content (AvgIpc) is 2.48.